The van der Waals surface area contributed by atoms with Gasteiger partial charge < -0.3 is 19.9 Å². The molecule has 2 aliphatic carbocycles. The zero-order valence-electron chi connectivity index (χ0n) is 36.3. The number of carbonyl (C=O) groups excluding carboxylic acids is 5. The molecular formula is C48H53N9O6. The number of pyridine rings is 1. The van der Waals surface area contributed by atoms with E-state index in [0.29, 0.717) is 45.5 Å². The van der Waals surface area contributed by atoms with Crippen LogP contribution in [-0.4, -0.2) is 118 Å². The molecule has 3 amide bonds. The maximum Gasteiger partial charge on any atom is 0.262 e. The molecule has 2 aromatic heterocycles. The molecule has 0 radical (unpaired) electrons. The van der Waals surface area contributed by atoms with Crippen LogP contribution in [0.3, 0.4) is 0 Å². The molecule has 5 heterocycles. The van der Waals surface area contributed by atoms with E-state index in [0.717, 1.165) is 81.0 Å². The Bertz CT molecular complexity index is 2520. The van der Waals surface area contributed by atoms with Gasteiger partial charge in [-0.15, -0.1) is 0 Å². The Balaban J connectivity index is 0.721. The van der Waals surface area contributed by atoms with Gasteiger partial charge in [-0.05, 0) is 74.5 Å². The summed E-state index contributed by atoms with van der Waals surface area (Å²) in [7, 11) is 0. The zero-order chi connectivity index (χ0) is 44.2. The Morgan fingerprint density at radius 3 is 2.27 bits per heavy atom. The van der Waals surface area contributed by atoms with Gasteiger partial charge in [0, 0.05) is 92.2 Å². The van der Waals surface area contributed by atoms with Crippen LogP contribution in [0.4, 0.5) is 17.3 Å². The zero-order valence-corrected chi connectivity index (χ0v) is 36.3. The third-order valence-corrected chi connectivity index (χ3v) is 14.2. The summed E-state index contributed by atoms with van der Waals surface area (Å²) in [5.41, 5.74) is 2.26. The van der Waals surface area contributed by atoms with Crippen molar-refractivity contribution in [3.8, 4) is 5.75 Å². The number of hydrogen-bond acceptors (Lipinski definition) is 12. The number of ketones is 2. The Morgan fingerprint density at radius 2 is 1.57 bits per heavy atom. The molecule has 63 heavy (non-hydrogen) atoms. The van der Waals surface area contributed by atoms with E-state index in [2.05, 4.69) is 67.5 Å². The summed E-state index contributed by atoms with van der Waals surface area (Å²) in [6, 6.07) is 11.7. The van der Waals surface area contributed by atoms with Crippen LogP contribution in [0, 0.1) is 23.3 Å². The third-order valence-electron chi connectivity index (χ3n) is 14.2. The molecule has 4 fully saturated rings. The second-order valence-electron chi connectivity index (χ2n) is 18.9. The van der Waals surface area contributed by atoms with Crippen LogP contribution in [0.5, 0.6) is 5.75 Å². The summed E-state index contributed by atoms with van der Waals surface area (Å²) in [5, 5.41) is 4.04. The highest BCUT2D eigenvalue weighted by molar-refractivity contribution is 6.24. The molecule has 2 saturated heterocycles. The van der Waals surface area contributed by atoms with Gasteiger partial charge in [0.05, 0.1) is 41.2 Å². The molecule has 2 aromatic carbocycles. The van der Waals surface area contributed by atoms with E-state index in [1.165, 1.54) is 0 Å². The molecular weight excluding hydrogens is 799 g/mol. The van der Waals surface area contributed by atoms with Crippen molar-refractivity contribution in [3.05, 3.63) is 89.2 Å². The summed E-state index contributed by atoms with van der Waals surface area (Å²) < 4.78 is 6.64. The van der Waals surface area contributed by atoms with Gasteiger partial charge in [-0.2, -0.15) is 0 Å². The maximum absolute atomic E-state index is 13.6. The highest BCUT2D eigenvalue weighted by atomic mass is 16.5. The number of ether oxygens (including phenoxy) is 1. The average molecular weight is 852 g/mol. The van der Waals surface area contributed by atoms with E-state index >= 15 is 0 Å². The van der Waals surface area contributed by atoms with Gasteiger partial charge in [-0.1, -0.05) is 33.8 Å². The number of imide groups is 1. The quantitative estimate of drug-likeness (QED) is 0.114. The van der Waals surface area contributed by atoms with E-state index in [1.807, 2.05) is 24.3 Å². The number of piperidine rings is 1. The van der Waals surface area contributed by atoms with E-state index in [1.54, 1.807) is 36.8 Å². The minimum absolute atomic E-state index is 0.145. The number of rotatable bonds is 10. The van der Waals surface area contributed by atoms with Crippen molar-refractivity contribution in [3.63, 3.8) is 0 Å². The van der Waals surface area contributed by atoms with Gasteiger partial charge in [-0.25, -0.2) is 14.8 Å². The Labute approximate surface area is 367 Å². The lowest BCUT2D eigenvalue weighted by Crippen LogP contribution is -2.74. The summed E-state index contributed by atoms with van der Waals surface area (Å²) in [5.74, 6) is 0.270. The normalized spacial score (nSPS) is 23.7. The van der Waals surface area contributed by atoms with Crippen LogP contribution < -0.4 is 19.9 Å². The van der Waals surface area contributed by atoms with Gasteiger partial charge in [0.2, 0.25) is 11.6 Å². The number of nitrogens with zero attached hydrogens (tertiary/aromatic N) is 8. The van der Waals surface area contributed by atoms with Gasteiger partial charge in [0.25, 0.3) is 17.7 Å². The fraction of sp³-hybridized carbons (Fsp3) is 0.479. The fourth-order valence-corrected chi connectivity index (χ4v) is 10.9. The predicted octanol–water partition coefficient (Wildman–Crippen LogP) is 5.90. The first-order valence-electron chi connectivity index (χ1n) is 22.1. The average Bonchev–Trinajstić information content (AvgIpc) is 3.54. The number of fused-ring (bicyclic) bond motifs is 2. The van der Waals surface area contributed by atoms with Crippen LogP contribution in [0.2, 0.25) is 0 Å². The molecule has 326 valence electrons. The molecule has 1 unspecified atom stereocenters. The number of benzene rings is 2. The van der Waals surface area contributed by atoms with E-state index < -0.39 is 28.7 Å². The topological polar surface area (TPSA) is 163 Å². The maximum atomic E-state index is 13.6. The fourth-order valence-electron chi connectivity index (χ4n) is 10.9. The molecule has 1 atom stereocenters. The Morgan fingerprint density at radius 1 is 0.857 bits per heavy atom. The number of aromatic nitrogens is 3. The highest BCUT2D eigenvalue weighted by Crippen LogP contribution is 2.56. The summed E-state index contributed by atoms with van der Waals surface area (Å²) >= 11 is 0. The van der Waals surface area contributed by atoms with Gasteiger partial charge in [0.1, 0.15) is 17.6 Å². The van der Waals surface area contributed by atoms with Crippen molar-refractivity contribution in [2.75, 3.05) is 55.6 Å². The van der Waals surface area contributed by atoms with Crippen molar-refractivity contribution in [1.29, 1.82) is 0 Å². The number of carbonyl (C=O) groups is 5. The highest BCUT2D eigenvalue weighted by Gasteiger charge is 2.64. The van der Waals surface area contributed by atoms with Crippen molar-refractivity contribution in [2.45, 2.75) is 84.4 Å². The summed E-state index contributed by atoms with van der Waals surface area (Å²) in [4.78, 5) is 89.7. The lowest BCUT2D eigenvalue weighted by Gasteiger charge is -2.63. The van der Waals surface area contributed by atoms with Crippen molar-refractivity contribution < 1.29 is 28.7 Å². The molecule has 15 nitrogen and oxygen atoms in total. The second-order valence-corrected chi connectivity index (χ2v) is 18.9. The first-order chi connectivity index (χ1) is 30.2. The second kappa shape index (κ2) is 16.5. The molecule has 9 rings (SSSR count). The van der Waals surface area contributed by atoms with Crippen LogP contribution in [-0.2, 0) is 9.59 Å². The summed E-state index contributed by atoms with van der Waals surface area (Å²) in [6.07, 6.45) is 8.06. The van der Waals surface area contributed by atoms with Crippen molar-refractivity contribution in [2.24, 2.45) is 16.7 Å². The minimum atomic E-state index is -0.866. The van der Waals surface area contributed by atoms with Crippen LogP contribution in [0.15, 0.2) is 61.1 Å². The molecule has 3 aliphatic heterocycles. The summed E-state index contributed by atoms with van der Waals surface area (Å²) in [6.45, 7) is 22.0. The lowest BCUT2D eigenvalue weighted by atomic mass is 9.49. The molecule has 15 heteroatoms. The van der Waals surface area contributed by atoms with Crippen molar-refractivity contribution >= 4 is 57.5 Å². The largest absolute Gasteiger partial charge is 0.489 e. The van der Waals surface area contributed by atoms with E-state index in [4.69, 9.17) is 11.3 Å². The SMILES string of the molecule is [C-]#[N+]c1ccc(OC2C(C)(C)C(NC(=O)c3cnc(N4CCC(CCN5CCN(c6ccc7c(c6)C(=O)N(C6CCC(=O)CC6=O)C7=O)CC5)CC4)nc3)C2(C)C)c2cccnc12. The Hall–Kier alpha value is -6.27. The molecule has 0 spiro atoms. The van der Waals surface area contributed by atoms with E-state index in [9.17, 15) is 24.0 Å². The first kappa shape index (κ1) is 42.1. The van der Waals surface area contributed by atoms with Crippen LogP contribution >= 0.6 is 0 Å². The number of anilines is 2. The van der Waals surface area contributed by atoms with Crippen LogP contribution in [0.1, 0.15) is 97.3 Å². The van der Waals surface area contributed by atoms with Crippen molar-refractivity contribution in [1.82, 2.24) is 30.1 Å². The number of Topliss-reactive ketones (excluding diaryl/α,β-unsaturated/α-hetero) is 2. The van der Waals surface area contributed by atoms with Gasteiger partial charge in [0.15, 0.2) is 5.78 Å². The smallest absolute Gasteiger partial charge is 0.262 e. The third kappa shape index (κ3) is 7.68. The number of nitrogens with one attached hydrogen (secondary N) is 1. The van der Waals surface area contributed by atoms with Gasteiger partial charge >= 0.3 is 0 Å². The lowest BCUT2D eigenvalue weighted by molar-refractivity contribution is -0.163. The van der Waals surface area contributed by atoms with E-state index in [-0.39, 0.29) is 48.9 Å². The van der Waals surface area contributed by atoms with Crippen LogP contribution in [0.25, 0.3) is 15.7 Å². The number of hydrogen-bond donors (Lipinski definition) is 1. The molecule has 2 saturated carbocycles. The number of piperazine rings is 1. The molecule has 4 aromatic rings. The molecule has 5 aliphatic rings. The molecule has 0 bridgehead atoms. The monoisotopic (exact) mass is 851 g/mol. The Kier molecular flexibility index (Phi) is 11.0. The van der Waals surface area contributed by atoms with Gasteiger partial charge in [-0.3, -0.25) is 38.8 Å². The number of amides is 3. The first-order valence-corrected chi connectivity index (χ1v) is 22.1. The predicted molar refractivity (Wildman–Crippen MR) is 236 cm³/mol. The minimum Gasteiger partial charge on any atom is -0.489 e. The standard InChI is InChI=1S/C48H53N9O6/c1-47(2)44(48(3,4)45(47)63-39-13-11-36(49-5)40-34(39)7-6-17-50-40)53-41(60)30-27-51-46(52-28-30)56-19-15-29(16-20-56)14-18-54-21-23-55(24-22-54)31-8-10-33-35(25-31)43(62)57(42(33)61)37-12-9-32(58)26-38(37)59/h6-8,10-11,13,17,25,27-29,37,44-45H,9,12,14-16,18-24,26H2,1-4H3,(H,53,60). The molecule has 1 N–H and O–H groups in total.